The molecule has 0 aromatic heterocycles. The normalized spacial score (nSPS) is 25.2. The Labute approximate surface area is 133 Å². The number of phenols is 1. The lowest BCUT2D eigenvalue weighted by molar-refractivity contribution is -0.117. The van der Waals surface area contributed by atoms with Crippen LogP contribution in [0.3, 0.4) is 0 Å². The molecule has 1 aliphatic rings. The average molecular weight is 304 g/mol. The molecule has 1 heterocycles. The van der Waals surface area contributed by atoms with Gasteiger partial charge in [-0.05, 0) is 50.2 Å². The second kappa shape index (κ2) is 7.17. The molecule has 0 saturated carbocycles. The molecule has 22 heavy (non-hydrogen) atoms. The standard InChI is InChI=1S/C19H28O3/c1-5-12(2)19-14(4)22-18-11-15(21)9-10-16(18)17(19)8-6-7-13(3)20/h9-12,14,17,19,21H,5-8H2,1-4H3/t12?,14-,17?,19?/m1/s1. The van der Waals surface area contributed by atoms with Gasteiger partial charge in [-0.25, -0.2) is 0 Å². The monoisotopic (exact) mass is 304 g/mol. The third-order valence-corrected chi connectivity index (χ3v) is 5.06. The molecule has 122 valence electrons. The van der Waals surface area contributed by atoms with Crippen LogP contribution in [0.5, 0.6) is 11.5 Å². The molecule has 0 aliphatic carbocycles. The number of rotatable bonds is 6. The summed E-state index contributed by atoms with van der Waals surface area (Å²) in [6.45, 7) is 8.29. The lowest BCUT2D eigenvalue weighted by Gasteiger charge is -2.41. The van der Waals surface area contributed by atoms with Crippen LogP contribution in [-0.4, -0.2) is 17.0 Å². The summed E-state index contributed by atoms with van der Waals surface area (Å²) in [5, 5.41) is 9.71. The molecule has 0 spiro atoms. The summed E-state index contributed by atoms with van der Waals surface area (Å²) in [5.41, 5.74) is 1.18. The molecule has 0 radical (unpaired) electrons. The Morgan fingerprint density at radius 2 is 2.14 bits per heavy atom. The van der Waals surface area contributed by atoms with Crippen LogP contribution in [0, 0.1) is 11.8 Å². The number of ether oxygens (including phenoxy) is 1. The molecule has 0 bridgehead atoms. The highest BCUT2D eigenvalue weighted by Crippen LogP contribution is 2.47. The van der Waals surface area contributed by atoms with Crippen LogP contribution in [0.15, 0.2) is 18.2 Å². The van der Waals surface area contributed by atoms with Gasteiger partial charge in [0.25, 0.3) is 0 Å². The highest BCUT2D eigenvalue weighted by Gasteiger charge is 2.38. The van der Waals surface area contributed by atoms with Gasteiger partial charge in [-0.2, -0.15) is 0 Å². The molecule has 1 aromatic rings. The molecule has 0 fully saturated rings. The topological polar surface area (TPSA) is 46.5 Å². The van der Waals surface area contributed by atoms with E-state index in [-0.39, 0.29) is 17.6 Å². The highest BCUT2D eigenvalue weighted by molar-refractivity contribution is 5.75. The summed E-state index contributed by atoms with van der Waals surface area (Å²) in [7, 11) is 0. The van der Waals surface area contributed by atoms with E-state index in [2.05, 4.69) is 20.8 Å². The van der Waals surface area contributed by atoms with Crippen molar-refractivity contribution in [3.8, 4) is 11.5 Å². The first-order valence-corrected chi connectivity index (χ1v) is 8.43. The van der Waals surface area contributed by atoms with Gasteiger partial charge < -0.3 is 14.6 Å². The van der Waals surface area contributed by atoms with E-state index in [0.717, 1.165) is 25.0 Å². The third-order valence-electron chi connectivity index (χ3n) is 5.06. The van der Waals surface area contributed by atoms with E-state index in [1.54, 1.807) is 19.1 Å². The quantitative estimate of drug-likeness (QED) is 0.830. The van der Waals surface area contributed by atoms with Crippen LogP contribution >= 0.6 is 0 Å². The van der Waals surface area contributed by atoms with Gasteiger partial charge in [0.15, 0.2) is 0 Å². The summed E-state index contributed by atoms with van der Waals surface area (Å²) in [4.78, 5) is 11.3. The number of hydrogen-bond acceptors (Lipinski definition) is 3. The first-order chi connectivity index (χ1) is 10.4. The van der Waals surface area contributed by atoms with Crippen LogP contribution < -0.4 is 4.74 Å². The minimum Gasteiger partial charge on any atom is -0.508 e. The average Bonchev–Trinajstić information content (AvgIpc) is 2.45. The Morgan fingerprint density at radius 3 is 2.77 bits per heavy atom. The van der Waals surface area contributed by atoms with Crippen LogP contribution in [-0.2, 0) is 4.79 Å². The number of phenolic OH excluding ortho intramolecular Hbond substituents is 1. The van der Waals surface area contributed by atoms with Crippen LogP contribution in [0.4, 0.5) is 0 Å². The van der Waals surface area contributed by atoms with E-state index in [9.17, 15) is 9.90 Å². The molecule has 0 amide bonds. The minimum atomic E-state index is 0.131. The van der Waals surface area contributed by atoms with E-state index in [0.29, 0.717) is 24.2 Å². The van der Waals surface area contributed by atoms with Crippen molar-refractivity contribution < 1.29 is 14.6 Å². The van der Waals surface area contributed by atoms with Gasteiger partial charge in [-0.15, -0.1) is 0 Å². The summed E-state index contributed by atoms with van der Waals surface area (Å²) in [6.07, 6.45) is 3.81. The smallest absolute Gasteiger partial charge is 0.129 e. The molecular formula is C19H28O3. The maximum Gasteiger partial charge on any atom is 0.129 e. The lowest BCUT2D eigenvalue weighted by Crippen LogP contribution is -2.38. The number of fused-ring (bicyclic) bond motifs is 1. The van der Waals surface area contributed by atoms with Crippen LogP contribution in [0.1, 0.15) is 64.9 Å². The van der Waals surface area contributed by atoms with Crippen molar-refractivity contribution in [2.24, 2.45) is 11.8 Å². The van der Waals surface area contributed by atoms with Gasteiger partial charge >= 0.3 is 0 Å². The fraction of sp³-hybridized carbons (Fsp3) is 0.632. The number of carbonyl (C=O) groups excluding carboxylic acids is 1. The van der Waals surface area contributed by atoms with Crippen LogP contribution in [0.25, 0.3) is 0 Å². The number of ketones is 1. The van der Waals surface area contributed by atoms with Crippen molar-refractivity contribution in [1.82, 2.24) is 0 Å². The summed E-state index contributed by atoms with van der Waals surface area (Å²) < 4.78 is 6.08. The van der Waals surface area contributed by atoms with Crippen molar-refractivity contribution in [3.05, 3.63) is 23.8 Å². The largest absolute Gasteiger partial charge is 0.508 e. The fourth-order valence-electron chi connectivity index (χ4n) is 3.80. The highest BCUT2D eigenvalue weighted by atomic mass is 16.5. The summed E-state index contributed by atoms with van der Waals surface area (Å²) in [6, 6.07) is 5.45. The Bertz CT molecular complexity index is 523. The summed E-state index contributed by atoms with van der Waals surface area (Å²) >= 11 is 0. The molecule has 3 heteroatoms. The van der Waals surface area contributed by atoms with E-state index < -0.39 is 0 Å². The van der Waals surface area contributed by atoms with E-state index in [4.69, 9.17) is 4.74 Å². The molecule has 3 unspecified atom stereocenters. The predicted molar refractivity (Wildman–Crippen MR) is 88.4 cm³/mol. The zero-order valence-electron chi connectivity index (χ0n) is 14.1. The molecule has 3 nitrogen and oxygen atoms in total. The molecular weight excluding hydrogens is 276 g/mol. The third kappa shape index (κ3) is 3.63. The zero-order chi connectivity index (χ0) is 16.3. The molecule has 2 rings (SSSR count). The summed E-state index contributed by atoms with van der Waals surface area (Å²) in [5.74, 6) is 2.73. The number of Topliss-reactive ketones (excluding diaryl/α,β-unsaturated/α-hetero) is 1. The molecule has 1 aliphatic heterocycles. The van der Waals surface area contributed by atoms with Crippen molar-refractivity contribution in [3.63, 3.8) is 0 Å². The van der Waals surface area contributed by atoms with Crippen molar-refractivity contribution in [2.75, 3.05) is 0 Å². The maximum atomic E-state index is 11.3. The Hall–Kier alpha value is -1.51. The SMILES string of the molecule is CCC(C)C1C(CCCC(C)=O)c2ccc(O)cc2O[C@@H]1C. The van der Waals surface area contributed by atoms with E-state index in [1.807, 2.05) is 6.07 Å². The van der Waals surface area contributed by atoms with Gasteiger partial charge in [0.2, 0.25) is 0 Å². The predicted octanol–water partition coefficient (Wildman–Crippen LogP) is 4.68. The van der Waals surface area contributed by atoms with Crippen LogP contribution in [0.2, 0.25) is 0 Å². The maximum absolute atomic E-state index is 11.3. The Kier molecular flexibility index (Phi) is 5.49. The van der Waals surface area contributed by atoms with Crippen molar-refractivity contribution in [1.29, 1.82) is 0 Å². The van der Waals surface area contributed by atoms with Gasteiger partial charge in [-0.1, -0.05) is 26.3 Å². The van der Waals surface area contributed by atoms with Gasteiger partial charge in [0.1, 0.15) is 17.3 Å². The van der Waals surface area contributed by atoms with Gasteiger partial charge in [-0.3, -0.25) is 0 Å². The molecule has 0 saturated heterocycles. The Morgan fingerprint density at radius 1 is 1.41 bits per heavy atom. The Balaban J connectivity index is 2.29. The minimum absolute atomic E-state index is 0.131. The molecule has 1 N–H and O–H groups in total. The van der Waals surface area contributed by atoms with Crippen molar-refractivity contribution >= 4 is 5.78 Å². The van der Waals surface area contributed by atoms with E-state index >= 15 is 0 Å². The lowest BCUT2D eigenvalue weighted by atomic mass is 9.71. The number of aromatic hydroxyl groups is 1. The number of hydrogen-bond donors (Lipinski definition) is 1. The van der Waals surface area contributed by atoms with Gasteiger partial charge in [0, 0.05) is 18.4 Å². The first kappa shape index (κ1) is 16.9. The van der Waals surface area contributed by atoms with E-state index in [1.165, 1.54) is 5.56 Å². The van der Waals surface area contributed by atoms with Gasteiger partial charge in [0.05, 0.1) is 6.10 Å². The molecule has 1 aromatic carbocycles. The number of carbonyl (C=O) groups is 1. The van der Waals surface area contributed by atoms with Crippen molar-refractivity contribution in [2.45, 2.75) is 65.4 Å². The number of benzene rings is 1. The first-order valence-electron chi connectivity index (χ1n) is 8.43. The second-order valence-corrected chi connectivity index (χ2v) is 6.71. The molecule has 4 atom stereocenters. The second-order valence-electron chi connectivity index (χ2n) is 6.71. The fourth-order valence-corrected chi connectivity index (χ4v) is 3.80. The zero-order valence-corrected chi connectivity index (χ0v) is 14.1.